The molecule has 0 amide bonds. The number of hydrogen-bond acceptors (Lipinski definition) is 3. The lowest BCUT2D eigenvalue weighted by molar-refractivity contribution is -0.153. The van der Waals surface area contributed by atoms with E-state index in [0.717, 1.165) is 38.8 Å². The zero-order valence-corrected chi connectivity index (χ0v) is 13.6. The van der Waals surface area contributed by atoms with E-state index in [1.807, 2.05) is 0 Å². The van der Waals surface area contributed by atoms with Gasteiger partial charge in [0.2, 0.25) is 0 Å². The van der Waals surface area contributed by atoms with Crippen LogP contribution in [0.2, 0.25) is 0 Å². The summed E-state index contributed by atoms with van der Waals surface area (Å²) in [6, 6.07) is 4.86. The molecule has 1 aromatic heterocycles. The summed E-state index contributed by atoms with van der Waals surface area (Å²) in [5, 5.41) is 11.9. The van der Waals surface area contributed by atoms with Crippen molar-refractivity contribution in [3.63, 3.8) is 0 Å². The molecule has 0 aliphatic heterocycles. The standard InChI is InChI=1S/C17H25NO2S/c1-13-6-8-17(9-7-13,16(19)20)12-18(14-4-5-14)11-15-3-2-10-21-15/h2-3,10,13-14H,4-9,11-12H2,1H3,(H,19,20). The molecule has 2 fully saturated rings. The zero-order valence-electron chi connectivity index (χ0n) is 12.8. The summed E-state index contributed by atoms with van der Waals surface area (Å²) >= 11 is 1.78. The van der Waals surface area contributed by atoms with E-state index in [9.17, 15) is 9.90 Å². The quantitative estimate of drug-likeness (QED) is 0.864. The molecule has 3 nitrogen and oxygen atoms in total. The molecule has 4 heteroatoms. The van der Waals surface area contributed by atoms with Crippen molar-refractivity contribution in [3.05, 3.63) is 22.4 Å². The average Bonchev–Trinajstić information content (AvgIpc) is 3.19. The lowest BCUT2D eigenvalue weighted by Gasteiger charge is -2.39. The smallest absolute Gasteiger partial charge is 0.310 e. The topological polar surface area (TPSA) is 40.5 Å². The lowest BCUT2D eigenvalue weighted by atomic mass is 9.70. The van der Waals surface area contributed by atoms with Gasteiger partial charge < -0.3 is 5.11 Å². The Morgan fingerprint density at radius 3 is 2.62 bits per heavy atom. The van der Waals surface area contributed by atoms with Crippen molar-refractivity contribution < 1.29 is 9.90 Å². The van der Waals surface area contributed by atoms with Crippen LogP contribution in [-0.2, 0) is 11.3 Å². The largest absolute Gasteiger partial charge is 0.481 e. The second-order valence-corrected chi connectivity index (χ2v) is 8.02. The lowest BCUT2D eigenvalue weighted by Crippen LogP contribution is -2.45. The number of carboxylic acids is 1. The first kappa shape index (κ1) is 15.0. The summed E-state index contributed by atoms with van der Waals surface area (Å²) in [5.74, 6) is 0.107. The first-order chi connectivity index (χ1) is 10.1. The predicted octanol–water partition coefficient (Wildman–Crippen LogP) is 3.99. The maximum absolute atomic E-state index is 11.9. The van der Waals surface area contributed by atoms with Crippen LogP contribution in [0.3, 0.4) is 0 Å². The van der Waals surface area contributed by atoms with E-state index in [2.05, 4.69) is 29.3 Å². The fraction of sp³-hybridized carbons (Fsp3) is 0.706. The van der Waals surface area contributed by atoms with Gasteiger partial charge in [0.05, 0.1) is 5.41 Å². The fourth-order valence-corrected chi connectivity index (χ4v) is 4.23. The van der Waals surface area contributed by atoms with Gasteiger partial charge in [0.1, 0.15) is 0 Å². The van der Waals surface area contributed by atoms with Gasteiger partial charge in [-0.15, -0.1) is 11.3 Å². The maximum Gasteiger partial charge on any atom is 0.310 e. The summed E-state index contributed by atoms with van der Waals surface area (Å²) in [6.45, 7) is 3.90. The molecule has 0 saturated heterocycles. The molecular formula is C17H25NO2S. The molecule has 3 rings (SSSR count). The third-order valence-electron chi connectivity index (χ3n) is 5.19. The SMILES string of the molecule is CC1CCC(CN(Cc2cccs2)C2CC2)(C(=O)O)CC1. The van der Waals surface area contributed by atoms with Crippen LogP contribution in [0.15, 0.2) is 17.5 Å². The number of nitrogens with zero attached hydrogens (tertiary/aromatic N) is 1. The summed E-state index contributed by atoms with van der Waals surface area (Å²) in [5.41, 5.74) is -0.508. The summed E-state index contributed by atoms with van der Waals surface area (Å²) in [7, 11) is 0. The summed E-state index contributed by atoms with van der Waals surface area (Å²) in [4.78, 5) is 15.7. The van der Waals surface area contributed by atoms with E-state index in [0.29, 0.717) is 12.0 Å². The number of carbonyl (C=O) groups is 1. The molecule has 0 radical (unpaired) electrons. The van der Waals surface area contributed by atoms with Crippen LogP contribution in [0.25, 0.3) is 0 Å². The van der Waals surface area contributed by atoms with Crippen molar-refractivity contribution in [1.29, 1.82) is 0 Å². The highest BCUT2D eigenvalue weighted by Crippen LogP contribution is 2.42. The van der Waals surface area contributed by atoms with Gasteiger partial charge in [-0.25, -0.2) is 0 Å². The van der Waals surface area contributed by atoms with Gasteiger partial charge in [-0.2, -0.15) is 0 Å². The Morgan fingerprint density at radius 1 is 1.38 bits per heavy atom. The van der Waals surface area contributed by atoms with E-state index in [1.54, 1.807) is 11.3 Å². The van der Waals surface area contributed by atoms with Crippen LogP contribution >= 0.6 is 11.3 Å². The van der Waals surface area contributed by atoms with Crippen molar-refractivity contribution in [1.82, 2.24) is 4.90 Å². The number of thiophene rings is 1. The molecule has 0 bridgehead atoms. The fourth-order valence-electron chi connectivity index (χ4n) is 3.50. The van der Waals surface area contributed by atoms with Gasteiger partial charge >= 0.3 is 5.97 Å². The Morgan fingerprint density at radius 2 is 2.10 bits per heavy atom. The van der Waals surface area contributed by atoms with Gasteiger partial charge in [-0.3, -0.25) is 9.69 Å². The average molecular weight is 307 g/mol. The molecule has 21 heavy (non-hydrogen) atoms. The molecule has 0 aromatic carbocycles. The zero-order chi connectivity index (χ0) is 14.9. The first-order valence-electron chi connectivity index (χ1n) is 8.09. The van der Waals surface area contributed by atoms with E-state index in [1.165, 1.54) is 17.7 Å². The number of aliphatic carboxylic acids is 1. The number of hydrogen-bond donors (Lipinski definition) is 1. The summed E-state index contributed by atoms with van der Waals surface area (Å²) < 4.78 is 0. The second kappa shape index (κ2) is 6.09. The highest BCUT2D eigenvalue weighted by Gasteiger charge is 2.44. The monoisotopic (exact) mass is 307 g/mol. The van der Waals surface area contributed by atoms with E-state index in [4.69, 9.17) is 0 Å². The Hall–Kier alpha value is -0.870. The molecule has 0 atom stereocenters. The van der Waals surface area contributed by atoms with Crippen LogP contribution in [0.5, 0.6) is 0 Å². The van der Waals surface area contributed by atoms with Crippen molar-refractivity contribution in [2.75, 3.05) is 6.54 Å². The molecular weight excluding hydrogens is 282 g/mol. The second-order valence-electron chi connectivity index (χ2n) is 6.98. The minimum Gasteiger partial charge on any atom is -0.481 e. The number of rotatable bonds is 6. The molecule has 2 aliphatic rings. The van der Waals surface area contributed by atoms with E-state index >= 15 is 0 Å². The normalized spacial score (nSPS) is 29.7. The Labute approximate surface area is 131 Å². The first-order valence-corrected chi connectivity index (χ1v) is 8.97. The van der Waals surface area contributed by atoms with Crippen molar-refractivity contribution >= 4 is 17.3 Å². The van der Waals surface area contributed by atoms with Gasteiger partial charge in [0, 0.05) is 24.0 Å². The molecule has 1 heterocycles. The maximum atomic E-state index is 11.9. The third-order valence-corrected chi connectivity index (χ3v) is 6.05. The van der Waals surface area contributed by atoms with Crippen molar-refractivity contribution in [2.45, 2.75) is 58.0 Å². The molecule has 1 aromatic rings. The van der Waals surface area contributed by atoms with E-state index < -0.39 is 11.4 Å². The van der Waals surface area contributed by atoms with Crippen molar-refractivity contribution in [3.8, 4) is 0 Å². The molecule has 2 aliphatic carbocycles. The Balaban J connectivity index is 1.71. The van der Waals surface area contributed by atoms with Crippen LogP contribution in [0, 0.1) is 11.3 Å². The molecule has 116 valence electrons. The predicted molar refractivity (Wildman–Crippen MR) is 85.5 cm³/mol. The van der Waals surface area contributed by atoms with Gasteiger partial charge in [-0.05, 0) is 55.9 Å². The minimum atomic E-state index is -0.578. The highest BCUT2D eigenvalue weighted by molar-refractivity contribution is 7.09. The Kier molecular flexibility index (Phi) is 4.36. The summed E-state index contributed by atoms with van der Waals surface area (Å²) in [6.07, 6.45) is 6.27. The van der Waals surface area contributed by atoms with Crippen LogP contribution in [0.4, 0.5) is 0 Å². The minimum absolute atomic E-state index is 0.508. The van der Waals surface area contributed by atoms with Crippen LogP contribution in [-0.4, -0.2) is 28.6 Å². The van der Waals surface area contributed by atoms with Crippen molar-refractivity contribution in [2.24, 2.45) is 11.3 Å². The third kappa shape index (κ3) is 3.49. The molecule has 0 unspecified atom stereocenters. The Bertz CT molecular complexity index is 473. The van der Waals surface area contributed by atoms with Gasteiger partial charge in [0.25, 0.3) is 0 Å². The van der Waals surface area contributed by atoms with E-state index in [-0.39, 0.29) is 0 Å². The molecule has 1 N–H and O–H groups in total. The van der Waals surface area contributed by atoms with Crippen LogP contribution in [0.1, 0.15) is 50.3 Å². The number of carboxylic acid groups (broad SMARTS) is 1. The van der Waals surface area contributed by atoms with Gasteiger partial charge in [0.15, 0.2) is 0 Å². The van der Waals surface area contributed by atoms with Crippen LogP contribution < -0.4 is 0 Å². The highest BCUT2D eigenvalue weighted by atomic mass is 32.1. The molecule has 0 spiro atoms. The molecule has 2 saturated carbocycles. The van der Waals surface area contributed by atoms with Gasteiger partial charge in [-0.1, -0.05) is 13.0 Å².